The molecule has 0 unspecified atom stereocenters. The van der Waals surface area contributed by atoms with E-state index in [-0.39, 0.29) is 6.42 Å². The van der Waals surface area contributed by atoms with E-state index in [1.54, 1.807) is 18.2 Å². The maximum Gasteiger partial charge on any atom is 0.383 e. The summed E-state index contributed by atoms with van der Waals surface area (Å²) in [5.41, 5.74) is 0.459. The van der Waals surface area contributed by atoms with E-state index in [1.807, 2.05) is 0 Å². The fourth-order valence-electron chi connectivity index (χ4n) is 1.40. The van der Waals surface area contributed by atoms with E-state index in [0.29, 0.717) is 5.56 Å². The van der Waals surface area contributed by atoms with Crippen molar-refractivity contribution in [1.29, 1.82) is 0 Å². The van der Waals surface area contributed by atoms with Crippen LogP contribution in [0.25, 0.3) is 0 Å². The summed E-state index contributed by atoms with van der Waals surface area (Å²) in [5.74, 6) is -8.83. The average molecular weight is 293 g/mol. The molecule has 2 N–H and O–H groups in total. The standard InChI is InChI=1S/C12H11F4NO3/c13-10(14)12(15,16)11(20)17-8(9(18)19)6-7-4-2-1-3-5-7/h1-5,8,10H,6H2,(H,17,20)(H,18,19)/t8-/m1/s1. The van der Waals surface area contributed by atoms with Crippen molar-refractivity contribution in [2.75, 3.05) is 0 Å². The van der Waals surface area contributed by atoms with Gasteiger partial charge < -0.3 is 10.4 Å². The van der Waals surface area contributed by atoms with E-state index < -0.39 is 30.3 Å². The summed E-state index contributed by atoms with van der Waals surface area (Å²) >= 11 is 0. The van der Waals surface area contributed by atoms with Crippen LogP contribution in [0.2, 0.25) is 0 Å². The van der Waals surface area contributed by atoms with Gasteiger partial charge >= 0.3 is 18.3 Å². The zero-order valence-corrected chi connectivity index (χ0v) is 10.0. The second-order valence-electron chi connectivity index (χ2n) is 3.98. The number of benzene rings is 1. The molecule has 4 nitrogen and oxygen atoms in total. The number of amides is 1. The van der Waals surface area contributed by atoms with Gasteiger partial charge in [0.1, 0.15) is 6.04 Å². The third-order valence-corrected chi connectivity index (χ3v) is 2.46. The van der Waals surface area contributed by atoms with Gasteiger partial charge in [-0.25, -0.2) is 13.6 Å². The summed E-state index contributed by atoms with van der Waals surface area (Å²) in [7, 11) is 0. The van der Waals surface area contributed by atoms with E-state index in [2.05, 4.69) is 0 Å². The fraction of sp³-hybridized carbons (Fsp3) is 0.333. The van der Waals surface area contributed by atoms with Gasteiger partial charge in [0, 0.05) is 6.42 Å². The normalized spacial score (nSPS) is 13.1. The maximum absolute atomic E-state index is 12.7. The zero-order chi connectivity index (χ0) is 15.3. The summed E-state index contributed by atoms with van der Waals surface area (Å²) in [4.78, 5) is 21.9. The first-order valence-electron chi connectivity index (χ1n) is 5.48. The number of carbonyl (C=O) groups is 2. The van der Waals surface area contributed by atoms with Crippen molar-refractivity contribution in [1.82, 2.24) is 5.32 Å². The predicted octanol–water partition coefficient (Wildman–Crippen LogP) is 1.70. The molecule has 1 atom stereocenters. The van der Waals surface area contributed by atoms with Gasteiger partial charge in [-0.1, -0.05) is 30.3 Å². The minimum absolute atomic E-state index is 0.290. The van der Waals surface area contributed by atoms with Crippen molar-refractivity contribution >= 4 is 11.9 Å². The molecule has 8 heteroatoms. The Morgan fingerprint density at radius 1 is 1.20 bits per heavy atom. The second kappa shape index (κ2) is 6.36. The van der Waals surface area contributed by atoms with Crippen LogP contribution in [0.1, 0.15) is 5.56 Å². The molecular weight excluding hydrogens is 282 g/mol. The Labute approximate surface area is 111 Å². The van der Waals surface area contributed by atoms with Gasteiger partial charge in [-0.15, -0.1) is 0 Å². The van der Waals surface area contributed by atoms with Gasteiger partial charge in [-0.2, -0.15) is 8.78 Å². The molecule has 0 aromatic heterocycles. The highest BCUT2D eigenvalue weighted by Crippen LogP contribution is 2.23. The number of hydrogen-bond donors (Lipinski definition) is 2. The topological polar surface area (TPSA) is 66.4 Å². The van der Waals surface area contributed by atoms with Crippen LogP contribution in [0.3, 0.4) is 0 Å². The van der Waals surface area contributed by atoms with Crippen LogP contribution in [0.5, 0.6) is 0 Å². The lowest BCUT2D eigenvalue weighted by atomic mass is 10.1. The average Bonchev–Trinajstić information content (AvgIpc) is 2.38. The highest BCUT2D eigenvalue weighted by atomic mass is 19.3. The quantitative estimate of drug-likeness (QED) is 0.785. The van der Waals surface area contributed by atoms with E-state index >= 15 is 0 Å². The molecule has 0 radical (unpaired) electrons. The van der Waals surface area contributed by atoms with Gasteiger partial charge in [-0.05, 0) is 5.56 Å². The first-order chi connectivity index (χ1) is 9.25. The van der Waals surface area contributed by atoms with Crippen molar-refractivity contribution in [3.63, 3.8) is 0 Å². The molecule has 1 aromatic rings. The molecule has 110 valence electrons. The second-order valence-corrected chi connectivity index (χ2v) is 3.98. The summed E-state index contributed by atoms with van der Waals surface area (Å²) in [6.45, 7) is 0. The molecule has 0 saturated heterocycles. The van der Waals surface area contributed by atoms with E-state index in [4.69, 9.17) is 5.11 Å². The molecule has 1 rings (SSSR count). The number of halogens is 4. The van der Waals surface area contributed by atoms with E-state index in [9.17, 15) is 27.2 Å². The molecule has 0 fully saturated rings. The lowest BCUT2D eigenvalue weighted by molar-refractivity contribution is -0.171. The number of rotatable bonds is 6. The smallest absolute Gasteiger partial charge is 0.383 e. The molecule has 0 spiro atoms. The Bertz CT molecular complexity index is 479. The van der Waals surface area contributed by atoms with Crippen LogP contribution in [0, 0.1) is 0 Å². The maximum atomic E-state index is 12.7. The molecule has 0 heterocycles. The van der Waals surface area contributed by atoms with Gasteiger partial charge in [0.25, 0.3) is 5.91 Å². The number of carboxylic acid groups (broad SMARTS) is 1. The first kappa shape index (κ1) is 15.9. The lowest BCUT2D eigenvalue weighted by Gasteiger charge is -2.19. The van der Waals surface area contributed by atoms with Gasteiger partial charge in [-0.3, -0.25) is 4.79 Å². The number of alkyl halides is 4. The molecule has 20 heavy (non-hydrogen) atoms. The number of aliphatic carboxylic acids is 1. The molecule has 0 aliphatic heterocycles. The molecule has 0 aliphatic carbocycles. The van der Waals surface area contributed by atoms with Crippen molar-refractivity contribution < 1.29 is 32.3 Å². The van der Waals surface area contributed by atoms with E-state index in [0.717, 1.165) is 0 Å². The zero-order valence-electron chi connectivity index (χ0n) is 10.0. The molecule has 0 saturated carbocycles. The van der Waals surface area contributed by atoms with Crippen molar-refractivity contribution in [2.45, 2.75) is 24.8 Å². The number of carboxylic acids is 1. The largest absolute Gasteiger partial charge is 0.480 e. The van der Waals surface area contributed by atoms with E-state index in [1.165, 1.54) is 17.4 Å². The van der Waals surface area contributed by atoms with Crippen LogP contribution in [0.15, 0.2) is 30.3 Å². The van der Waals surface area contributed by atoms with Crippen LogP contribution < -0.4 is 5.32 Å². The summed E-state index contributed by atoms with van der Waals surface area (Å²) in [6.07, 6.45) is -4.49. The molecule has 1 aromatic carbocycles. The summed E-state index contributed by atoms with van der Waals surface area (Å²) in [6, 6.07) is 6.16. The number of nitrogens with one attached hydrogen (secondary N) is 1. The minimum Gasteiger partial charge on any atom is -0.480 e. The Hall–Kier alpha value is -2.12. The first-order valence-corrected chi connectivity index (χ1v) is 5.48. The van der Waals surface area contributed by atoms with Gasteiger partial charge in [0.15, 0.2) is 0 Å². The molecule has 1 amide bonds. The van der Waals surface area contributed by atoms with Crippen molar-refractivity contribution in [2.24, 2.45) is 0 Å². The predicted molar refractivity (Wildman–Crippen MR) is 60.7 cm³/mol. The van der Waals surface area contributed by atoms with Crippen molar-refractivity contribution in [3.05, 3.63) is 35.9 Å². The Kier molecular flexibility index (Phi) is 5.06. The van der Waals surface area contributed by atoms with Crippen LogP contribution in [-0.2, 0) is 16.0 Å². The monoisotopic (exact) mass is 293 g/mol. The highest BCUT2D eigenvalue weighted by Gasteiger charge is 2.49. The van der Waals surface area contributed by atoms with Crippen LogP contribution in [-0.4, -0.2) is 35.4 Å². The third kappa shape index (κ3) is 3.94. The van der Waals surface area contributed by atoms with Gasteiger partial charge in [0.05, 0.1) is 0 Å². The minimum atomic E-state index is -4.93. The fourth-order valence-corrected chi connectivity index (χ4v) is 1.40. The third-order valence-electron chi connectivity index (χ3n) is 2.46. The molecule has 0 bridgehead atoms. The number of hydrogen-bond acceptors (Lipinski definition) is 2. The summed E-state index contributed by atoms with van der Waals surface area (Å²) in [5, 5.41) is 10.3. The Balaban J connectivity index is 2.79. The highest BCUT2D eigenvalue weighted by molar-refractivity contribution is 5.88. The van der Waals surface area contributed by atoms with Gasteiger partial charge in [0.2, 0.25) is 0 Å². The van der Waals surface area contributed by atoms with Crippen LogP contribution in [0.4, 0.5) is 17.6 Å². The Morgan fingerprint density at radius 2 is 1.75 bits per heavy atom. The summed E-state index contributed by atoms with van der Waals surface area (Å²) < 4.78 is 49.5. The molecule has 0 aliphatic rings. The molecular formula is C12H11F4NO3. The Morgan fingerprint density at radius 3 is 2.20 bits per heavy atom. The SMILES string of the molecule is O=C(O)[C@@H](Cc1ccccc1)NC(=O)C(F)(F)C(F)F. The van der Waals surface area contributed by atoms with Crippen molar-refractivity contribution in [3.8, 4) is 0 Å². The van der Waals surface area contributed by atoms with Crippen LogP contribution >= 0.6 is 0 Å². The number of carbonyl (C=O) groups excluding carboxylic acids is 1. The lowest BCUT2D eigenvalue weighted by Crippen LogP contribution is -2.52.